The van der Waals surface area contributed by atoms with Gasteiger partial charge in [-0.25, -0.2) is 0 Å². The Morgan fingerprint density at radius 3 is 2.58 bits per heavy atom. The minimum atomic E-state index is 0.758. The van der Waals surface area contributed by atoms with Crippen LogP contribution in [0.4, 0.5) is 0 Å². The van der Waals surface area contributed by atoms with E-state index < -0.39 is 0 Å². The van der Waals surface area contributed by atoms with Crippen molar-refractivity contribution >= 4 is 0 Å². The average Bonchev–Trinajstić information content (AvgIpc) is 3.21. The molecule has 0 aromatic heterocycles. The van der Waals surface area contributed by atoms with Gasteiger partial charge in [0.05, 0.1) is 6.61 Å². The fourth-order valence-electron chi connectivity index (χ4n) is 3.41. The van der Waals surface area contributed by atoms with Crippen molar-refractivity contribution in [2.24, 2.45) is 11.8 Å². The quantitative estimate of drug-likeness (QED) is 0.616. The van der Waals surface area contributed by atoms with Crippen molar-refractivity contribution in [2.45, 2.75) is 58.0 Å². The molecule has 0 spiro atoms. The Hall–Kier alpha value is -0.120. The molecule has 0 saturated heterocycles. The molecule has 2 saturated carbocycles. The van der Waals surface area contributed by atoms with Gasteiger partial charge in [-0.2, -0.15) is 0 Å². The molecule has 0 radical (unpaired) electrons. The Morgan fingerprint density at radius 2 is 2.05 bits per heavy atom. The van der Waals surface area contributed by atoms with E-state index >= 15 is 0 Å². The monoisotopic (exact) mass is 268 g/mol. The highest BCUT2D eigenvalue weighted by atomic mass is 16.5. The van der Waals surface area contributed by atoms with Gasteiger partial charge in [-0.15, -0.1) is 0 Å². The van der Waals surface area contributed by atoms with E-state index in [1.165, 1.54) is 45.2 Å². The molecular formula is C16H32N2O. The molecular weight excluding hydrogens is 236 g/mol. The standard InChI is InChI=1S/C16H32N2O/c1-4-9-17-12-15-7-8-16(15)18(10-11-19-3)13(2)14-5-6-14/h13-17H,4-12H2,1-3H3. The van der Waals surface area contributed by atoms with E-state index in [1.54, 1.807) is 0 Å². The van der Waals surface area contributed by atoms with Gasteiger partial charge in [-0.3, -0.25) is 4.90 Å². The average molecular weight is 268 g/mol. The van der Waals surface area contributed by atoms with Gasteiger partial charge in [-0.05, 0) is 64.0 Å². The van der Waals surface area contributed by atoms with Crippen molar-refractivity contribution in [1.82, 2.24) is 10.2 Å². The van der Waals surface area contributed by atoms with Gasteiger partial charge in [-0.1, -0.05) is 6.92 Å². The largest absolute Gasteiger partial charge is 0.383 e. The summed E-state index contributed by atoms with van der Waals surface area (Å²) in [6.45, 7) is 9.04. The van der Waals surface area contributed by atoms with Crippen LogP contribution in [0.15, 0.2) is 0 Å². The number of hydrogen-bond donors (Lipinski definition) is 1. The van der Waals surface area contributed by atoms with Crippen LogP contribution in [-0.4, -0.2) is 50.3 Å². The summed E-state index contributed by atoms with van der Waals surface area (Å²) < 4.78 is 5.32. The molecule has 19 heavy (non-hydrogen) atoms. The van der Waals surface area contributed by atoms with Gasteiger partial charge in [0, 0.05) is 25.7 Å². The first kappa shape index (κ1) is 15.3. The van der Waals surface area contributed by atoms with Crippen LogP contribution in [0.2, 0.25) is 0 Å². The molecule has 3 nitrogen and oxygen atoms in total. The van der Waals surface area contributed by atoms with Crippen molar-refractivity contribution in [3.05, 3.63) is 0 Å². The fourth-order valence-corrected chi connectivity index (χ4v) is 3.41. The summed E-state index contributed by atoms with van der Waals surface area (Å²) in [6, 6.07) is 1.56. The van der Waals surface area contributed by atoms with Crippen LogP contribution in [0.3, 0.4) is 0 Å². The molecule has 3 heteroatoms. The Morgan fingerprint density at radius 1 is 1.26 bits per heavy atom. The van der Waals surface area contributed by atoms with Crippen molar-refractivity contribution in [3.63, 3.8) is 0 Å². The van der Waals surface area contributed by atoms with E-state index in [2.05, 4.69) is 24.1 Å². The first-order valence-electron chi connectivity index (χ1n) is 8.23. The molecule has 0 heterocycles. The number of hydrogen-bond acceptors (Lipinski definition) is 3. The maximum Gasteiger partial charge on any atom is 0.0589 e. The van der Waals surface area contributed by atoms with Crippen molar-refractivity contribution in [3.8, 4) is 0 Å². The normalized spacial score (nSPS) is 28.4. The van der Waals surface area contributed by atoms with Crippen LogP contribution in [0.1, 0.15) is 46.0 Å². The molecule has 1 N–H and O–H groups in total. The summed E-state index contributed by atoms with van der Waals surface area (Å²) >= 11 is 0. The highest BCUT2D eigenvalue weighted by Crippen LogP contribution is 2.40. The lowest BCUT2D eigenvalue weighted by atomic mass is 9.77. The molecule has 0 aromatic rings. The minimum Gasteiger partial charge on any atom is -0.383 e. The number of nitrogens with zero attached hydrogens (tertiary/aromatic N) is 1. The molecule has 2 rings (SSSR count). The van der Waals surface area contributed by atoms with E-state index in [9.17, 15) is 0 Å². The Bertz CT molecular complexity index is 255. The van der Waals surface area contributed by atoms with E-state index in [4.69, 9.17) is 4.74 Å². The number of rotatable bonds is 10. The minimum absolute atomic E-state index is 0.758. The number of ether oxygens (including phenoxy) is 1. The molecule has 3 unspecified atom stereocenters. The van der Waals surface area contributed by atoms with Crippen LogP contribution >= 0.6 is 0 Å². The topological polar surface area (TPSA) is 24.5 Å². The van der Waals surface area contributed by atoms with Crippen molar-refractivity contribution in [2.75, 3.05) is 33.4 Å². The lowest BCUT2D eigenvalue weighted by molar-refractivity contribution is 0.00788. The zero-order chi connectivity index (χ0) is 13.7. The van der Waals surface area contributed by atoms with Crippen LogP contribution in [0.5, 0.6) is 0 Å². The lowest BCUT2D eigenvalue weighted by Crippen LogP contribution is -2.55. The maximum absolute atomic E-state index is 5.32. The smallest absolute Gasteiger partial charge is 0.0589 e. The third kappa shape index (κ3) is 4.17. The zero-order valence-electron chi connectivity index (χ0n) is 13.0. The van der Waals surface area contributed by atoms with E-state index in [1.807, 2.05) is 7.11 Å². The predicted molar refractivity (Wildman–Crippen MR) is 80.4 cm³/mol. The van der Waals surface area contributed by atoms with Gasteiger partial charge in [0.1, 0.15) is 0 Å². The van der Waals surface area contributed by atoms with Gasteiger partial charge >= 0.3 is 0 Å². The van der Waals surface area contributed by atoms with Gasteiger partial charge in [0.15, 0.2) is 0 Å². The van der Waals surface area contributed by atoms with Gasteiger partial charge in [0.2, 0.25) is 0 Å². The van der Waals surface area contributed by atoms with Gasteiger partial charge in [0.25, 0.3) is 0 Å². The fraction of sp³-hybridized carbons (Fsp3) is 1.00. The van der Waals surface area contributed by atoms with Crippen LogP contribution in [0.25, 0.3) is 0 Å². The summed E-state index contributed by atoms with van der Waals surface area (Å²) in [7, 11) is 1.82. The van der Waals surface area contributed by atoms with E-state index in [0.717, 1.165) is 37.1 Å². The summed E-state index contributed by atoms with van der Waals surface area (Å²) in [5, 5.41) is 3.60. The first-order valence-corrected chi connectivity index (χ1v) is 8.23. The molecule has 2 fully saturated rings. The highest BCUT2D eigenvalue weighted by Gasteiger charge is 2.41. The molecule has 0 amide bonds. The predicted octanol–water partition coefficient (Wildman–Crippen LogP) is 2.51. The van der Waals surface area contributed by atoms with Crippen molar-refractivity contribution < 1.29 is 4.74 Å². The number of methoxy groups -OCH3 is 1. The first-order chi connectivity index (χ1) is 9.27. The molecule has 2 aliphatic carbocycles. The third-order valence-electron chi connectivity index (χ3n) is 5.02. The molecule has 0 aliphatic heterocycles. The SMILES string of the molecule is CCCNCC1CCC1N(CCOC)C(C)C1CC1. The molecule has 2 aliphatic rings. The second-order valence-electron chi connectivity index (χ2n) is 6.42. The Kier molecular flexibility index (Phi) is 6.11. The van der Waals surface area contributed by atoms with E-state index in [0.29, 0.717) is 0 Å². The maximum atomic E-state index is 5.32. The van der Waals surface area contributed by atoms with Crippen LogP contribution in [-0.2, 0) is 4.74 Å². The number of nitrogens with one attached hydrogen (secondary N) is 1. The zero-order valence-corrected chi connectivity index (χ0v) is 13.0. The van der Waals surface area contributed by atoms with E-state index in [-0.39, 0.29) is 0 Å². The van der Waals surface area contributed by atoms with Crippen LogP contribution in [0, 0.1) is 11.8 Å². The van der Waals surface area contributed by atoms with Crippen molar-refractivity contribution in [1.29, 1.82) is 0 Å². The molecule has 0 bridgehead atoms. The molecule has 3 atom stereocenters. The van der Waals surface area contributed by atoms with Gasteiger partial charge < -0.3 is 10.1 Å². The second-order valence-corrected chi connectivity index (χ2v) is 6.42. The lowest BCUT2D eigenvalue weighted by Gasteiger charge is -2.47. The molecule has 112 valence electrons. The van der Waals surface area contributed by atoms with Crippen LogP contribution < -0.4 is 5.32 Å². The second kappa shape index (κ2) is 7.61. The third-order valence-corrected chi connectivity index (χ3v) is 5.02. The molecule has 0 aromatic carbocycles. The summed E-state index contributed by atoms with van der Waals surface area (Å²) in [5.74, 6) is 1.83. The Labute approximate surface area is 119 Å². The summed E-state index contributed by atoms with van der Waals surface area (Å²) in [6.07, 6.45) is 6.91. The summed E-state index contributed by atoms with van der Waals surface area (Å²) in [5.41, 5.74) is 0. The Balaban J connectivity index is 1.82. The highest BCUT2D eigenvalue weighted by molar-refractivity contribution is 4.95. The summed E-state index contributed by atoms with van der Waals surface area (Å²) in [4.78, 5) is 2.75.